The summed E-state index contributed by atoms with van der Waals surface area (Å²) in [6.45, 7) is 1.31. The number of furan rings is 1. The molecule has 17 heavy (non-hydrogen) atoms. The minimum absolute atomic E-state index is 0.0162. The Hall–Kier alpha value is -2.01. The molecule has 0 saturated heterocycles. The molecule has 1 aromatic rings. The van der Waals surface area contributed by atoms with E-state index >= 15 is 0 Å². The SMILES string of the molecule is CC(=CC(=O)[O-])C(=Cc1ccc(Cl)o1)C(=O)[O-]. The van der Waals surface area contributed by atoms with Crippen molar-refractivity contribution in [2.75, 3.05) is 0 Å². The molecule has 0 amide bonds. The largest absolute Gasteiger partial charge is 0.545 e. The maximum Gasteiger partial charge on any atom is 0.193 e. The Morgan fingerprint density at radius 1 is 1.35 bits per heavy atom. The molecule has 0 aromatic carbocycles. The molecule has 0 radical (unpaired) electrons. The Labute approximate surface area is 102 Å². The summed E-state index contributed by atoms with van der Waals surface area (Å²) in [5.41, 5.74) is -0.335. The zero-order chi connectivity index (χ0) is 13.0. The van der Waals surface area contributed by atoms with Crippen LogP contribution < -0.4 is 10.2 Å². The standard InChI is InChI=1S/C11H9ClO5/c1-6(4-10(13)14)8(11(15)16)5-7-2-3-9(12)17-7/h2-5H,1H3,(H,13,14)(H,15,16)/p-2. The average molecular weight is 255 g/mol. The quantitative estimate of drug-likeness (QED) is 0.546. The first-order valence-corrected chi connectivity index (χ1v) is 4.86. The van der Waals surface area contributed by atoms with E-state index in [1.165, 1.54) is 19.1 Å². The lowest BCUT2D eigenvalue weighted by Gasteiger charge is -2.09. The molecule has 0 fully saturated rings. The topological polar surface area (TPSA) is 93.4 Å². The molecule has 0 unspecified atom stereocenters. The Morgan fingerprint density at radius 3 is 2.41 bits per heavy atom. The zero-order valence-corrected chi connectivity index (χ0v) is 9.48. The first-order chi connectivity index (χ1) is 7.90. The first-order valence-electron chi connectivity index (χ1n) is 4.48. The number of carbonyl (C=O) groups excluding carboxylic acids is 2. The number of hydrogen-bond acceptors (Lipinski definition) is 5. The van der Waals surface area contributed by atoms with Crippen molar-refractivity contribution in [2.24, 2.45) is 0 Å². The van der Waals surface area contributed by atoms with E-state index in [2.05, 4.69) is 0 Å². The van der Waals surface area contributed by atoms with Gasteiger partial charge in [0, 0.05) is 5.57 Å². The van der Waals surface area contributed by atoms with E-state index < -0.39 is 11.9 Å². The van der Waals surface area contributed by atoms with Crippen molar-refractivity contribution in [3.63, 3.8) is 0 Å². The van der Waals surface area contributed by atoms with Crippen molar-refractivity contribution in [3.8, 4) is 0 Å². The molecule has 1 heterocycles. The van der Waals surface area contributed by atoms with Crippen molar-refractivity contribution in [3.05, 3.63) is 40.3 Å². The van der Waals surface area contributed by atoms with Gasteiger partial charge < -0.3 is 24.2 Å². The van der Waals surface area contributed by atoms with Gasteiger partial charge in [0.25, 0.3) is 0 Å². The van der Waals surface area contributed by atoms with Gasteiger partial charge in [-0.3, -0.25) is 0 Å². The van der Waals surface area contributed by atoms with E-state index in [1.807, 2.05) is 0 Å². The van der Waals surface area contributed by atoms with Gasteiger partial charge in [-0.2, -0.15) is 0 Å². The first kappa shape index (κ1) is 13.1. The van der Waals surface area contributed by atoms with Crippen LogP contribution in [0.2, 0.25) is 5.22 Å². The summed E-state index contributed by atoms with van der Waals surface area (Å²) >= 11 is 5.51. The lowest BCUT2D eigenvalue weighted by molar-refractivity contribution is -0.298. The molecular weight excluding hydrogens is 248 g/mol. The fourth-order valence-electron chi connectivity index (χ4n) is 1.14. The lowest BCUT2D eigenvalue weighted by Crippen LogP contribution is -2.26. The molecule has 1 rings (SSSR count). The van der Waals surface area contributed by atoms with E-state index in [1.54, 1.807) is 0 Å². The smallest absolute Gasteiger partial charge is 0.193 e. The van der Waals surface area contributed by atoms with Gasteiger partial charge in [-0.25, -0.2) is 0 Å². The number of carboxylic acids is 2. The molecule has 0 saturated carbocycles. The summed E-state index contributed by atoms with van der Waals surface area (Å²) in [6, 6.07) is 2.87. The van der Waals surface area contributed by atoms with E-state index in [0.717, 1.165) is 6.08 Å². The minimum Gasteiger partial charge on any atom is -0.545 e. The Bertz CT molecular complexity index is 510. The minimum atomic E-state index is -1.52. The van der Waals surface area contributed by atoms with E-state index in [0.29, 0.717) is 6.08 Å². The summed E-state index contributed by atoms with van der Waals surface area (Å²) in [5.74, 6) is -2.83. The zero-order valence-electron chi connectivity index (χ0n) is 8.73. The molecule has 0 atom stereocenters. The number of hydrogen-bond donors (Lipinski definition) is 0. The average Bonchev–Trinajstić information content (AvgIpc) is 2.58. The van der Waals surface area contributed by atoms with E-state index in [9.17, 15) is 19.8 Å². The van der Waals surface area contributed by atoms with Crippen LogP contribution in [0.25, 0.3) is 6.08 Å². The summed E-state index contributed by atoms with van der Waals surface area (Å²) < 4.78 is 4.93. The van der Waals surface area contributed by atoms with Gasteiger partial charge in [-0.05, 0) is 48.4 Å². The van der Waals surface area contributed by atoms with Gasteiger partial charge in [0.2, 0.25) is 0 Å². The highest BCUT2D eigenvalue weighted by molar-refractivity contribution is 6.28. The van der Waals surface area contributed by atoms with Crippen LogP contribution in [-0.4, -0.2) is 11.9 Å². The van der Waals surface area contributed by atoms with Crippen LogP contribution in [0.5, 0.6) is 0 Å². The van der Waals surface area contributed by atoms with Crippen LogP contribution in [-0.2, 0) is 9.59 Å². The van der Waals surface area contributed by atoms with Gasteiger partial charge in [-0.15, -0.1) is 0 Å². The number of carboxylic acid groups (broad SMARTS) is 2. The van der Waals surface area contributed by atoms with Crippen LogP contribution >= 0.6 is 11.6 Å². The molecule has 0 spiro atoms. The molecule has 90 valence electrons. The molecule has 1 aromatic heterocycles. The predicted molar refractivity (Wildman–Crippen MR) is 55.5 cm³/mol. The fourth-order valence-corrected chi connectivity index (χ4v) is 1.29. The third-order valence-corrected chi connectivity index (χ3v) is 2.06. The fraction of sp³-hybridized carbons (Fsp3) is 0.0909. The van der Waals surface area contributed by atoms with Crippen molar-refractivity contribution in [2.45, 2.75) is 6.92 Å². The van der Waals surface area contributed by atoms with E-state index in [4.69, 9.17) is 16.0 Å². The van der Waals surface area contributed by atoms with Crippen LogP contribution in [0.3, 0.4) is 0 Å². The van der Waals surface area contributed by atoms with Crippen molar-refractivity contribution < 1.29 is 24.2 Å². The van der Waals surface area contributed by atoms with Crippen molar-refractivity contribution >= 4 is 29.6 Å². The van der Waals surface area contributed by atoms with Crippen LogP contribution in [0.15, 0.2) is 33.8 Å². The number of halogens is 1. The third kappa shape index (κ3) is 3.81. The molecule has 0 aliphatic rings. The Morgan fingerprint density at radius 2 is 2.00 bits per heavy atom. The summed E-state index contributed by atoms with van der Waals surface area (Å²) in [7, 11) is 0. The second-order valence-corrected chi connectivity index (χ2v) is 3.51. The summed E-state index contributed by atoms with van der Waals surface area (Å²) in [4.78, 5) is 21.1. The van der Waals surface area contributed by atoms with Crippen molar-refractivity contribution in [1.82, 2.24) is 0 Å². The van der Waals surface area contributed by atoms with Gasteiger partial charge in [0.05, 0.1) is 11.9 Å². The molecular formula is C11H7ClO5-2. The Balaban J connectivity index is 3.14. The van der Waals surface area contributed by atoms with E-state index in [-0.39, 0.29) is 22.1 Å². The third-order valence-electron chi connectivity index (χ3n) is 1.86. The number of rotatable bonds is 4. The summed E-state index contributed by atoms with van der Waals surface area (Å²) in [5, 5.41) is 21.2. The second kappa shape index (κ2) is 5.36. The molecule has 0 bridgehead atoms. The molecule has 0 aliphatic carbocycles. The number of carbonyl (C=O) groups is 2. The number of aliphatic carboxylic acids is 2. The maximum atomic E-state index is 10.8. The van der Waals surface area contributed by atoms with Crippen molar-refractivity contribution in [1.29, 1.82) is 0 Å². The summed E-state index contributed by atoms with van der Waals surface area (Å²) in [6.07, 6.45) is 1.78. The molecule has 6 heteroatoms. The normalized spacial score (nSPS) is 12.6. The molecule has 5 nitrogen and oxygen atoms in total. The van der Waals surface area contributed by atoms with Gasteiger partial charge in [-0.1, -0.05) is 0 Å². The maximum absolute atomic E-state index is 10.8. The Kier molecular flexibility index (Phi) is 4.12. The highest BCUT2D eigenvalue weighted by Gasteiger charge is 2.04. The molecule has 0 aliphatic heterocycles. The highest BCUT2D eigenvalue weighted by Crippen LogP contribution is 2.18. The van der Waals surface area contributed by atoms with Crippen LogP contribution in [0.1, 0.15) is 12.7 Å². The highest BCUT2D eigenvalue weighted by atomic mass is 35.5. The lowest BCUT2D eigenvalue weighted by atomic mass is 10.1. The van der Waals surface area contributed by atoms with Gasteiger partial charge in [0.1, 0.15) is 5.76 Å². The van der Waals surface area contributed by atoms with Gasteiger partial charge >= 0.3 is 0 Å². The van der Waals surface area contributed by atoms with Gasteiger partial charge in [0.15, 0.2) is 5.22 Å². The predicted octanol–water partition coefficient (Wildman–Crippen LogP) is -0.238. The second-order valence-electron chi connectivity index (χ2n) is 3.13. The monoisotopic (exact) mass is 254 g/mol. The van der Waals surface area contributed by atoms with Crippen LogP contribution in [0, 0.1) is 0 Å². The molecule has 0 N–H and O–H groups in total. The van der Waals surface area contributed by atoms with Crippen LogP contribution in [0.4, 0.5) is 0 Å².